The van der Waals surface area contributed by atoms with Crippen molar-refractivity contribution in [2.24, 2.45) is 0 Å². The van der Waals surface area contributed by atoms with Crippen molar-refractivity contribution in [1.82, 2.24) is 10.3 Å². The molecular weight excluding hydrogens is 244 g/mol. The highest BCUT2D eigenvalue weighted by molar-refractivity contribution is 5.41. The zero-order valence-corrected chi connectivity index (χ0v) is 12.3. The van der Waals surface area contributed by atoms with Gasteiger partial charge in [0.15, 0.2) is 0 Å². The van der Waals surface area contributed by atoms with Gasteiger partial charge in [0.05, 0.1) is 5.69 Å². The van der Waals surface area contributed by atoms with Crippen molar-refractivity contribution in [3.05, 3.63) is 65.0 Å². The van der Waals surface area contributed by atoms with E-state index in [2.05, 4.69) is 54.5 Å². The number of hydrogen-bond acceptors (Lipinski definition) is 2. The summed E-state index contributed by atoms with van der Waals surface area (Å²) in [5, 5.41) is 3.53. The summed E-state index contributed by atoms with van der Waals surface area (Å²) in [5.41, 5.74) is 5.55. The molecule has 0 radical (unpaired) electrons. The number of aryl methyl sites for hydroxylation is 1. The molecule has 0 spiro atoms. The second-order valence-corrected chi connectivity index (χ2v) is 5.87. The molecule has 0 amide bonds. The third-order valence-electron chi connectivity index (χ3n) is 4.09. The first-order valence-electron chi connectivity index (χ1n) is 7.50. The van der Waals surface area contributed by atoms with E-state index in [0.717, 1.165) is 13.0 Å². The maximum absolute atomic E-state index is 4.63. The molecule has 2 heteroatoms. The number of rotatable bonds is 4. The average Bonchev–Trinajstić information content (AvgIpc) is 2.89. The summed E-state index contributed by atoms with van der Waals surface area (Å²) in [5.74, 6) is 0.469. The fourth-order valence-electron chi connectivity index (χ4n) is 3.06. The number of pyridine rings is 1. The highest BCUT2D eigenvalue weighted by Crippen LogP contribution is 2.37. The van der Waals surface area contributed by atoms with Crippen LogP contribution in [0.5, 0.6) is 0 Å². The van der Waals surface area contributed by atoms with Crippen LogP contribution in [0.1, 0.15) is 48.6 Å². The maximum Gasteiger partial charge on any atom is 0.0510 e. The Morgan fingerprint density at radius 2 is 2.05 bits per heavy atom. The fourth-order valence-corrected chi connectivity index (χ4v) is 3.06. The summed E-state index contributed by atoms with van der Waals surface area (Å²) in [6.07, 6.45) is 4.26. The first kappa shape index (κ1) is 13.3. The maximum atomic E-state index is 4.63. The summed E-state index contributed by atoms with van der Waals surface area (Å²) >= 11 is 0. The highest BCUT2D eigenvalue weighted by atomic mass is 14.9. The van der Waals surface area contributed by atoms with Crippen molar-refractivity contribution in [2.45, 2.75) is 45.2 Å². The lowest BCUT2D eigenvalue weighted by atomic mass is 9.92. The molecule has 1 aliphatic carbocycles. The van der Waals surface area contributed by atoms with Gasteiger partial charge in [0.25, 0.3) is 0 Å². The minimum atomic E-state index is 0.469. The molecule has 20 heavy (non-hydrogen) atoms. The van der Waals surface area contributed by atoms with E-state index in [4.69, 9.17) is 0 Å². The van der Waals surface area contributed by atoms with Crippen LogP contribution < -0.4 is 5.32 Å². The molecule has 0 saturated heterocycles. The second kappa shape index (κ2) is 5.76. The Balaban J connectivity index is 1.91. The van der Waals surface area contributed by atoms with Crippen molar-refractivity contribution >= 4 is 0 Å². The molecule has 1 unspecified atom stereocenters. The molecule has 0 aliphatic heterocycles. The van der Waals surface area contributed by atoms with Crippen LogP contribution in [0, 0.1) is 0 Å². The summed E-state index contributed by atoms with van der Waals surface area (Å²) in [4.78, 5) is 4.63. The number of nitrogens with zero attached hydrogens (tertiary/aromatic N) is 1. The van der Waals surface area contributed by atoms with E-state index in [1.807, 2.05) is 12.3 Å². The van der Waals surface area contributed by atoms with Gasteiger partial charge in [-0.1, -0.05) is 44.2 Å². The van der Waals surface area contributed by atoms with Gasteiger partial charge in [-0.05, 0) is 35.6 Å². The molecule has 3 rings (SSSR count). The minimum absolute atomic E-state index is 0.469. The lowest BCUT2D eigenvalue weighted by molar-refractivity contribution is 0.583. The van der Waals surface area contributed by atoms with Crippen LogP contribution in [0.4, 0.5) is 0 Å². The van der Waals surface area contributed by atoms with Gasteiger partial charge in [0.2, 0.25) is 0 Å². The lowest BCUT2D eigenvalue weighted by Gasteiger charge is -2.17. The Morgan fingerprint density at radius 1 is 1.20 bits per heavy atom. The third-order valence-corrected chi connectivity index (χ3v) is 4.09. The molecule has 1 aromatic carbocycles. The van der Waals surface area contributed by atoms with Gasteiger partial charge in [0, 0.05) is 24.7 Å². The normalized spacial score (nSPS) is 17.4. The standard InChI is InChI=1S/C18H22N2/c1-13(2)20-12-15-6-3-4-8-16(15)17-10-9-14-7-5-11-19-18(14)17/h3-8,11,13,17,20H,9-10,12H2,1-2H3. The summed E-state index contributed by atoms with van der Waals surface area (Å²) in [6, 6.07) is 13.6. The monoisotopic (exact) mass is 266 g/mol. The van der Waals surface area contributed by atoms with E-state index in [1.54, 1.807) is 0 Å². The molecule has 1 aromatic heterocycles. The van der Waals surface area contributed by atoms with E-state index >= 15 is 0 Å². The van der Waals surface area contributed by atoms with Gasteiger partial charge in [0.1, 0.15) is 0 Å². The summed E-state index contributed by atoms with van der Waals surface area (Å²) in [7, 11) is 0. The van der Waals surface area contributed by atoms with Gasteiger partial charge >= 0.3 is 0 Å². The SMILES string of the molecule is CC(C)NCc1ccccc1C1CCc2cccnc21. The Morgan fingerprint density at radius 3 is 2.90 bits per heavy atom. The Bertz CT molecular complexity index is 589. The van der Waals surface area contributed by atoms with E-state index in [9.17, 15) is 0 Å². The molecule has 1 aliphatic rings. The van der Waals surface area contributed by atoms with Crippen molar-refractivity contribution in [2.75, 3.05) is 0 Å². The number of hydrogen-bond donors (Lipinski definition) is 1. The van der Waals surface area contributed by atoms with Gasteiger partial charge < -0.3 is 5.32 Å². The number of nitrogens with one attached hydrogen (secondary N) is 1. The molecule has 1 atom stereocenters. The van der Waals surface area contributed by atoms with Crippen LogP contribution in [-0.4, -0.2) is 11.0 Å². The van der Waals surface area contributed by atoms with Crippen LogP contribution in [0.15, 0.2) is 42.6 Å². The predicted octanol–water partition coefficient (Wildman–Crippen LogP) is 3.66. The van der Waals surface area contributed by atoms with E-state index in [0.29, 0.717) is 12.0 Å². The largest absolute Gasteiger partial charge is 0.310 e. The van der Waals surface area contributed by atoms with Crippen molar-refractivity contribution in [3.8, 4) is 0 Å². The van der Waals surface area contributed by atoms with Crippen LogP contribution in [0.25, 0.3) is 0 Å². The van der Waals surface area contributed by atoms with Crippen molar-refractivity contribution in [3.63, 3.8) is 0 Å². The zero-order chi connectivity index (χ0) is 13.9. The molecule has 104 valence electrons. The first-order valence-corrected chi connectivity index (χ1v) is 7.50. The average molecular weight is 266 g/mol. The molecular formula is C18H22N2. The lowest BCUT2D eigenvalue weighted by Crippen LogP contribution is -2.22. The van der Waals surface area contributed by atoms with Crippen LogP contribution >= 0.6 is 0 Å². The minimum Gasteiger partial charge on any atom is -0.310 e. The van der Waals surface area contributed by atoms with Gasteiger partial charge in [-0.15, -0.1) is 0 Å². The van der Waals surface area contributed by atoms with Crippen molar-refractivity contribution < 1.29 is 0 Å². The molecule has 2 nitrogen and oxygen atoms in total. The Labute approximate surface area is 121 Å². The number of fused-ring (bicyclic) bond motifs is 1. The quantitative estimate of drug-likeness (QED) is 0.913. The summed E-state index contributed by atoms with van der Waals surface area (Å²) < 4.78 is 0. The van der Waals surface area contributed by atoms with Crippen LogP contribution in [-0.2, 0) is 13.0 Å². The molecule has 0 fully saturated rings. The third kappa shape index (κ3) is 2.61. The van der Waals surface area contributed by atoms with E-state index in [-0.39, 0.29) is 0 Å². The fraction of sp³-hybridized carbons (Fsp3) is 0.389. The molecule has 1 heterocycles. The van der Waals surface area contributed by atoms with Gasteiger partial charge in [-0.25, -0.2) is 0 Å². The summed E-state index contributed by atoms with van der Waals surface area (Å²) in [6.45, 7) is 5.32. The smallest absolute Gasteiger partial charge is 0.0510 e. The van der Waals surface area contributed by atoms with E-state index in [1.165, 1.54) is 28.8 Å². The van der Waals surface area contributed by atoms with E-state index < -0.39 is 0 Å². The predicted molar refractivity (Wildman–Crippen MR) is 82.8 cm³/mol. The first-order chi connectivity index (χ1) is 9.75. The topological polar surface area (TPSA) is 24.9 Å². The van der Waals surface area contributed by atoms with Gasteiger partial charge in [-0.2, -0.15) is 0 Å². The molecule has 0 bridgehead atoms. The van der Waals surface area contributed by atoms with Crippen LogP contribution in [0.3, 0.4) is 0 Å². The van der Waals surface area contributed by atoms with Gasteiger partial charge in [-0.3, -0.25) is 4.98 Å². The second-order valence-electron chi connectivity index (χ2n) is 5.87. The number of aromatic nitrogens is 1. The molecule has 1 N–H and O–H groups in total. The van der Waals surface area contributed by atoms with Crippen LogP contribution in [0.2, 0.25) is 0 Å². The zero-order valence-electron chi connectivity index (χ0n) is 12.3. The molecule has 2 aromatic rings. The Kier molecular flexibility index (Phi) is 3.83. The van der Waals surface area contributed by atoms with Crippen molar-refractivity contribution in [1.29, 1.82) is 0 Å². The number of benzene rings is 1. The Hall–Kier alpha value is -1.67. The highest BCUT2D eigenvalue weighted by Gasteiger charge is 2.26. The molecule has 0 saturated carbocycles.